The van der Waals surface area contributed by atoms with Crippen LogP contribution in [0.25, 0.3) is 0 Å². The second-order valence-electron chi connectivity index (χ2n) is 6.98. The molecule has 1 aromatic rings. The molecule has 1 aliphatic heterocycles. The molecule has 0 radical (unpaired) electrons. The number of carboxylic acid groups (broad SMARTS) is 2. The van der Waals surface area contributed by atoms with Gasteiger partial charge in [-0.1, -0.05) is 6.07 Å². The first kappa shape index (κ1) is 24.0. The van der Waals surface area contributed by atoms with E-state index in [2.05, 4.69) is 5.32 Å². The fourth-order valence-corrected chi connectivity index (χ4v) is 2.90. The van der Waals surface area contributed by atoms with Crippen LogP contribution in [0.3, 0.4) is 0 Å². The number of nitrogens with zero attached hydrogens (tertiary/aromatic N) is 1. The molecule has 1 aromatic carbocycles. The highest BCUT2D eigenvalue weighted by molar-refractivity contribution is 6.41. The molecule has 31 heavy (non-hydrogen) atoms. The van der Waals surface area contributed by atoms with Crippen molar-refractivity contribution in [3.63, 3.8) is 0 Å². The van der Waals surface area contributed by atoms with Gasteiger partial charge >= 0.3 is 19.1 Å². The van der Waals surface area contributed by atoms with Crippen LogP contribution in [0.4, 0.5) is 0 Å². The highest BCUT2D eigenvalue weighted by Crippen LogP contribution is 2.33. The topological polar surface area (TPSA) is 194 Å². The van der Waals surface area contributed by atoms with Crippen molar-refractivity contribution in [3.8, 4) is 11.5 Å². The van der Waals surface area contributed by atoms with Gasteiger partial charge in [0.25, 0.3) is 0 Å². The van der Waals surface area contributed by atoms with E-state index in [1.165, 1.54) is 17.0 Å². The predicted molar refractivity (Wildman–Crippen MR) is 105 cm³/mol. The number of aryl methyl sites for hydroxylation is 1. The maximum absolute atomic E-state index is 12.0. The van der Waals surface area contributed by atoms with Crippen LogP contribution in [0, 0.1) is 0 Å². The highest BCUT2D eigenvalue weighted by Gasteiger charge is 2.33. The summed E-state index contributed by atoms with van der Waals surface area (Å²) in [4.78, 5) is 46.8. The summed E-state index contributed by atoms with van der Waals surface area (Å²) in [7, 11) is -1.59. The van der Waals surface area contributed by atoms with Gasteiger partial charge in [0.15, 0.2) is 0 Å². The number of hydrogen-bond donors (Lipinski definition) is 6. The third-order valence-corrected chi connectivity index (χ3v) is 4.61. The van der Waals surface area contributed by atoms with E-state index < -0.39 is 48.3 Å². The number of benzene rings is 1. The first-order valence-corrected chi connectivity index (χ1v) is 9.45. The molecule has 0 bridgehead atoms. The SMILES string of the molecule is O=C(O)CCC(=O)NCC(=O)N1CC(Oc2ccc(CCB(O)O)c(O)c2C(=O)O)C1. The van der Waals surface area contributed by atoms with E-state index in [0.29, 0.717) is 0 Å². The maximum Gasteiger partial charge on any atom is 0.451 e. The predicted octanol–water partition coefficient (Wildman–Crippen LogP) is -1.32. The van der Waals surface area contributed by atoms with Crippen molar-refractivity contribution in [3.05, 3.63) is 23.3 Å². The first-order chi connectivity index (χ1) is 14.6. The number of aliphatic carboxylic acids is 1. The van der Waals surface area contributed by atoms with Crippen molar-refractivity contribution in [2.75, 3.05) is 19.6 Å². The van der Waals surface area contributed by atoms with Gasteiger partial charge in [-0.3, -0.25) is 14.4 Å². The third kappa shape index (κ3) is 6.86. The van der Waals surface area contributed by atoms with Crippen LogP contribution in [0.15, 0.2) is 12.1 Å². The number of aromatic hydroxyl groups is 1. The number of rotatable bonds is 11. The molecule has 0 saturated carbocycles. The smallest absolute Gasteiger partial charge is 0.451 e. The van der Waals surface area contributed by atoms with Crippen molar-refractivity contribution in [1.29, 1.82) is 0 Å². The largest absolute Gasteiger partial charge is 0.507 e. The van der Waals surface area contributed by atoms with E-state index in [4.69, 9.17) is 19.9 Å². The normalized spacial score (nSPS) is 13.3. The molecular weight excluding hydrogens is 415 g/mol. The van der Waals surface area contributed by atoms with Crippen LogP contribution < -0.4 is 10.1 Å². The third-order valence-electron chi connectivity index (χ3n) is 4.61. The van der Waals surface area contributed by atoms with E-state index in [1.54, 1.807) is 0 Å². The Balaban J connectivity index is 1.89. The molecule has 1 heterocycles. The molecule has 1 aliphatic rings. The number of phenols is 1. The number of carbonyl (C=O) groups excluding carboxylic acids is 2. The van der Waals surface area contributed by atoms with Crippen LogP contribution in [-0.2, 0) is 20.8 Å². The minimum absolute atomic E-state index is 0.0496. The van der Waals surface area contributed by atoms with E-state index in [9.17, 15) is 29.4 Å². The zero-order chi connectivity index (χ0) is 23.1. The molecule has 0 atom stereocenters. The summed E-state index contributed by atoms with van der Waals surface area (Å²) in [6.07, 6.45) is -1.12. The summed E-state index contributed by atoms with van der Waals surface area (Å²) in [6.45, 7) is -0.0119. The van der Waals surface area contributed by atoms with Crippen molar-refractivity contribution in [2.24, 2.45) is 0 Å². The van der Waals surface area contributed by atoms with Crippen LogP contribution >= 0.6 is 0 Å². The quantitative estimate of drug-likeness (QED) is 0.226. The van der Waals surface area contributed by atoms with E-state index >= 15 is 0 Å². The van der Waals surface area contributed by atoms with Gasteiger partial charge in [0, 0.05) is 6.42 Å². The number of hydrogen-bond acceptors (Lipinski definition) is 8. The molecule has 0 unspecified atom stereocenters. The van der Waals surface area contributed by atoms with Gasteiger partial charge in [-0.05, 0) is 24.4 Å². The Bertz CT molecular complexity index is 854. The number of carbonyl (C=O) groups is 4. The van der Waals surface area contributed by atoms with Gasteiger partial charge in [0.1, 0.15) is 23.2 Å². The number of likely N-dealkylation sites (tertiary alicyclic amines) is 1. The Morgan fingerprint density at radius 3 is 2.39 bits per heavy atom. The number of nitrogens with one attached hydrogen (secondary N) is 1. The van der Waals surface area contributed by atoms with Gasteiger partial charge < -0.3 is 40.3 Å². The molecule has 2 amide bonds. The molecule has 168 valence electrons. The fraction of sp³-hybridized carbons (Fsp3) is 0.444. The monoisotopic (exact) mass is 438 g/mol. The Hall–Kier alpha value is -3.32. The summed E-state index contributed by atoms with van der Waals surface area (Å²) in [5, 5.41) is 48.4. The Kier molecular flexibility index (Phi) is 8.22. The highest BCUT2D eigenvalue weighted by atomic mass is 16.5. The molecular formula is C18H23BN2O10. The summed E-state index contributed by atoms with van der Waals surface area (Å²) in [5.74, 6) is -4.10. The van der Waals surface area contributed by atoms with Crippen LogP contribution in [0.2, 0.25) is 6.32 Å². The molecule has 0 spiro atoms. The summed E-state index contributed by atoms with van der Waals surface area (Å²) >= 11 is 0. The van der Waals surface area contributed by atoms with Gasteiger partial charge in [-0.25, -0.2) is 4.79 Å². The zero-order valence-electron chi connectivity index (χ0n) is 16.5. The Morgan fingerprint density at radius 2 is 1.81 bits per heavy atom. The second kappa shape index (κ2) is 10.6. The Labute approximate surface area is 177 Å². The van der Waals surface area contributed by atoms with Gasteiger partial charge in [0.05, 0.1) is 26.1 Å². The molecule has 2 rings (SSSR count). The number of amides is 2. The number of aromatic carboxylic acids is 1. The van der Waals surface area contributed by atoms with Crippen LogP contribution in [0.1, 0.15) is 28.8 Å². The second-order valence-corrected chi connectivity index (χ2v) is 6.98. The Morgan fingerprint density at radius 1 is 1.13 bits per heavy atom. The maximum atomic E-state index is 12.0. The van der Waals surface area contributed by atoms with Gasteiger partial charge in [0.2, 0.25) is 11.8 Å². The van der Waals surface area contributed by atoms with Gasteiger partial charge in [-0.15, -0.1) is 0 Å². The van der Waals surface area contributed by atoms with E-state index in [1.807, 2.05) is 0 Å². The standard InChI is InChI=1S/C18H23BN2O10/c22-13(3-4-15(24)25)20-7-14(23)21-8-11(9-21)31-12-2-1-10(5-6-19(29)30)17(26)16(12)18(27)28/h1-2,11,26,29-30H,3-9H2,(H,20,22)(H,24,25)(H,27,28). The average molecular weight is 438 g/mol. The number of ether oxygens (including phenoxy) is 1. The lowest BCUT2D eigenvalue weighted by Gasteiger charge is -2.39. The van der Waals surface area contributed by atoms with E-state index in [-0.39, 0.29) is 56.5 Å². The zero-order valence-corrected chi connectivity index (χ0v) is 16.5. The van der Waals surface area contributed by atoms with Crippen molar-refractivity contribution in [2.45, 2.75) is 31.7 Å². The molecule has 1 fully saturated rings. The van der Waals surface area contributed by atoms with Crippen LogP contribution in [0.5, 0.6) is 11.5 Å². The lowest BCUT2D eigenvalue weighted by molar-refractivity contribution is -0.141. The van der Waals surface area contributed by atoms with E-state index in [0.717, 1.165) is 0 Å². The summed E-state index contributed by atoms with van der Waals surface area (Å²) < 4.78 is 5.59. The first-order valence-electron chi connectivity index (χ1n) is 9.45. The van der Waals surface area contributed by atoms with Gasteiger partial charge in [-0.2, -0.15) is 0 Å². The summed E-state index contributed by atoms with van der Waals surface area (Å²) in [6, 6.07) is 2.78. The van der Waals surface area contributed by atoms with Crippen molar-refractivity contribution >= 4 is 30.9 Å². The molecule has 6 N–H and O–H groups in total. The molecule has 13 heteroatoms. The summed E-state index contributed by atoms with van der Waals surface area (Å²) in [5.41, 5.74) is -0.234. The molecule has 0 aliphatic carbocycles. The molecule has 1 saturated heterocycles. The van der Waals surface area contributed by atoms with Crippen LogP contribution in [-0.4, -0.2) is 86.9 Å². The average Bonchev–Trinajstić information content (AvgIpc) is 2.65. The van der Waals surface area contributed by atoms with Crippen molar-refractivity contribution in [1.82, 2.24) is 10.2 Å². The molecule has 0 aromatic heterocycles. The number of carboxylic acids is 2. The lowest BCUT2D eigenvalue weighted by atomic mass is 9.82. The minimum Gasteiger partial charge on any atom is -0.507 e. The fourth-order valence-electron chi connectivity index (χ4n) is 2.90. The lowest BCUT2D eigenvalue weighted by Crippen LogP contribution is -2.58. The minimum atomic E-state index is -1.59. The molecule has 12 nitrogen and oxygen atoms in total. The van der Waals surface area contributed by atoms with Crippen molar-refractivity contribution < 1.29 is 49.3 Å².